The van der Waals surface area contributed by atoms with Gasteiger partial charge in [0, 0.05) is 11.6 Å². The van der Waals surface area contributed by atoms with Gasteiger partial charge in [0.15, 0.2) is 5.76 Å². The van der Waals surface area contributed by atoms with Gasteiger partial charge in [0.1, 0.15) is 11.6 Å². The minimum Gasteiger partial charge on any atom is -0.451 e. The number of likely N-dealkylation sites (tertiary alicyclic amines) is 1. The van der Waals surface area contributed by atoms with Crippen molar-refractivity contribution in [2.24, 2.45) is 0 Å². The monoisotopic (exact) mass is 302 g/mol. The first-order valence-corrected chi connectivity index (χ1v) is 7.47. The Bertz CT molecular complexity index is 643. The molecule has 2 aromatic rings. The Kier molecular flexibility index (Phi) is 4.24. The van der Waals surface area contributed by atoms with Crippen molar-refractivity contribution >= 4 is 5.91 Å². The van der Waals surface area contributed by atoms with Gasteiger partial charge in [0.2, 0.25) is 0 Å². The van der Waals surface area contributed by atoms with Crippen LogP contribution in [0.2, 0.25) is 0 Å². The molecule has 0 atom stereocenters. The summed E-state index contributed by atoms with van der Waals surface area (Å²) in [6.07, 6.45) is 1.90. The third kappa shape index (κ3) is 3.36. The quantitative estimate of drug-likeness (QED) is 0.948. The van der Waals surface area contributed by atoms with Gasteiger partial charge in [-0.15, -0.1) is 0 Å². The maximum absolute atomic E-state index is 12.9. The van der Waals surface area contributed by atoms with E-state index in [1.165, 1.54) is 12.1 Å². The summed E-state index contributed by atoms with van der Waals surface area (Å²) in [7, 11) is 2.08. The van der Waals surface area contributed by atoms with Crippen LogP contribution < -0.4 is 5.32 Å². The number of carbonyl (C=O) groups excluding carboxylic acids is 1. The van der Waals surface area contributed by atoms with Gasteiger partial charge in [-0.1, -0.05) is 0 Å². The number of hydrogen-bond donors (Lipinski definition) is 1. The van der Waals surface area contributed by atoms with E-state index in [2.05, 4.69) is 17.3 Å². The largest absolute Gasteiger partial charge is 0.451 e. The van der Waals surface area contributed by atoms with Crippen LogP contribution in [0, 0.1) is 5.82 Å². The number of hydrogen-bond acceptors (Lipinski definition) is 3. The van der Waals surface area contributed by atoms with E-state index < -0.39 is 0 Å². The smallest absolute Gasteiger partial charge is 0.287 e. The number of carbonyl (C=O) groups is 1. The van der Waals surface area contributed by atoms with Crippen molar-refractivity contribution < 1.29 is 13.6 Å². The summed E-state index contributed by atoms with van der Waals surface area (Å²) in [5.41, 5.74) is 0.750. The molecule has 1 amide bonds. The first-order valence-electron chi connectivity index (χ1n) is 7.47. The van der Waals surface area contributed by atoms with Gasteiger partial charge in [0.05, 0.1) is 0 Å². The molecule has 0 unspecified atom stereocenters. The summed E-state index contributed by atoms with van der Waals surface area (Å²) in [4.78, 5) is 14.5. The van der Waals surface area contributed by atoms with E-state index >= 15 is 0 Å². The van der Waals surface area contributed by atoms with E-state index in [0.717, 1.165) is 31.5 Å². The molecule has 0 aliphatic carbocycles. The predicted octanol–water partition coefficient (Wildman–Crippen LogP) is 2.91. The highest BCUT2D eigenvalue weighted by molar-refractivity contribution is 5.92. The molecule has 0 spiro atoms. The Morgan fingerprint density at radius 1 is 1.18 bits per heavy atom. The fourth-order valence-electron chi connectivity index (χ4n) is 2.64. The molecule has 5 heteroatoms. The number of nitrogens with zero attached hydrogens (tertiary/aromatic N) is 1. The van der Waals surface area contributed by atoms with Crippen LogP contribution in [0.1, 0.15) is 23.4 Å². The zero-order chi connectivity index (χ0) is 15.5. The Balaban J connectivity index is 1.65. The molecule has 1 saturated heterocycles. The van der Waals surface area contributed by atoms with Gasteiger partial charge in [-0.3, -0.25) is 4.79 Å². The average Bonchev–Trinajstić information content (AvgIpc) is 3.00. The third-order valence-electron chi connectivity index (χ3n) is 4.01. The summed E-state index contributed by atoms with van der Waals surface area (Å²) in [6.45, 7) is 1.98. The molecule has 2 heterocycles. The average molecular weight is 302 g/mol. The van der Waals surface area contributed by atoms with E-state index in [0.29, 0.717) is 11.5 Å². The highest BCUT2D eigenvalue weighted by atomic mass is 19.1. The van der Waals surface area contributed by atoms with Gasteiger partial charge < -0.3 is 14.6 Å². The van der Waals surface area contributed by atoms with Gasteiger partial charge in [-0.25, -0.2) is 4.39 Å². The SMILES string of the molecule is CN1CCC(NC(=O)c2ccc(-c3ccc(F)cc3)o2)CC1. The highest BCUT2D eigenvalue weighted by Gasteiger charge is 2.20. The van der Waals surface area contributed by atoms with Crippen molar-refractivity contribution in [2.75, 3.05) is 20.1 Å². The van der Waals surface area contributed by atoms with Crippen molar-refractivity contribution in [1.82, 2.24) is 10.2 Å². The second kappa shape index (κ2) is 6.32. The lowest BCUT2D eigenvalue weighted by molar-refractivity contribution is 0.0889. The first kappa shape index (κ1) is 14.8. The molecule has 0 radical (unpaired) electrons. The first-order chi connectivity index (χ1) is 10.6. The van der Waals surface area contributed by atoms with E-state index in [-0.39, 0.29) is 17.8 Å². The standard InChI is InChI=1S/C17H19FN2O2/c1-20-10-8-14(9-11-20)19-17(21)16-7-6-15(22-16)12-2-4-13(18)5-3-12/h2-7,14H,8-11H2,1H3,(H,19,21). The van der Waals surface area contributed by atoms with Gasteiger partial charge >= 0.3 is 0 Å². The Morgan fingerprint density at radius 3 is 2.55 bits per heavy atom. The van der Waals surface area contributed by atoms with Crippen LogP contribution in [-0.4, -0.2) is 37.0 Å². The minimum atomic E-state index is -0.296. The second-order valence-electron chi connectivity index (χ2n) is 5.72. The second-order valence-corrected chi connectivity index (χ2v) is 5.72. The highest BCUT2D eigenvalue weighted by Crippen LogP contribution is 2.22. The number of rotatable bonds is 3. The van der Waals surface area contributed by atoms with E-state index in [9.17, 15) is 9.18 Å². The molecule has 1 N–H and O–H groups in total. The lowest BCUT2D eigenvalue weighted by atomic mass is 10.1. The predicted molar refractivity (Wildman–Crippen MR) is 82.1 cm³/mol. The van der Waals surface area contributed by atoms with E-state index in [1.54, 1.807) is 24.3 Å². The zero-order valence-corrected chi connectivity index (χ0v) is 12.5. The maximum Gasteiger partial charge on any atom is 0.287 e. The Labute approximate surface area is 128 Å². The van der Waals surface area contributed by atoms with Crippen molar-refractivity contribution in [3.05, 3.63) is 48.0 Å². The Hall–Kier alpha value is -2.14. The van der Waals surface area contributed by atoms with Crippen LogP contribution in [0.3, 0.4) is 0 Å². The van der Waals surface area contributed by atoms with Gasteiger partial charge in [-0.2, -0.15) is 0 Å². The topological polar surface area (TPSA) is 45.5 Å². The van der Waals surface area contributed by atoms with E-state index in [4.69, 9.17) is 4.42 Å². The molecular weight excluding hydrogens is 283 g/mol. The Morgan fingerprint density at radius 2 is 1.86 bits per heavy atom. The number of piperidine rings is 1. The fraction of sp³-hybridized carbons (Fsp3) is 0.353. The molecule has 3 rings (SSSR count). The van der Waals surface area contributed by atoms with Crippen molar-refractivity contribution in [3.8, 4) is 11.3 Å². The van der Waals surface area contributed by atoms with Crippen LogP contribution >= 0.6 is 0 Å². The lowest BCUT2D eigenvalue weighted by Crippen LogP contribution is -2.43. The van der Waals surface area contributed by atoms with Crippen molar-refractivity contribution in [3.63, 3.8) is 0 Å². The molecule has 1 aromatic heterocycles. The summed E-state index contributed by atoms with van der Waals surface area (Å²) in [5.74, 6) is 0.366. The molecule has 1 aliphatic heterocycles. The number of benzene rings is 1. The summed E-state index contributed by atoms with van der Waals surface area (Å²) in [6, 6.07) is 9.59. The molecular formula is C17H19FN2O2. The van der Waals surface area contributed by atoms with Crippen LogP contribution in [0.25, 0.3) is 11.3 Å². The molecule has 0 saturated carbocycles. The summed E-state index contributed by atoms with van der Waals surface area (Å²) >= 11 is 0. The van der Waals surface area contributed by atoms with Gasteiger partial charge in [0.25, 0.3) is 5.91 Å². The van der Waals surface area contributed by atoms with E-state index in [1.807, 2.05) is 0 Å². The van der Waals surface area contributed by atoms with Crippen molar-refractivity contribution in [1.29, 1.82) is 0 Å². The van der Waals surface area contributed by atoms with Crippen LogP contribution in [0.4, 0.5) is 4.39 Å². The fourth-order valence-corrected chi connectivity index (χ4v) is 2.64. The molecule has 22 heavy (non-hydrogen) atoms. The minimum absolute atomic E-state index is 0.192. The molecule has 1 fully saturated rings. The number of halogens is 1. The lowest BCUT2D eigenvalue weighted by Gasteiger charge is -2.29. The number of amides is 1. The van der Waals surface area contributed by atoms with Gasteiger partial charge in [-0.05, 0) is 69.4 Å². The van der Waals surface area contributed by atoms with Crippen LogP contribution in [0.5, 0.6) is 0 Å². The zero-order valence-electron chi connectivity index (χ0n) is 12.5. The normalized spacial score (nSPS) is 16.6. The molecule has 116 valence electrons. The third-order valence-corrected chi connectivity index (χ3v) is 4.01. The molecule has 1 aromatic carbocycles. The summed E-state index contributed by atoms with van der Waals surface area (Å²) in [5, 5.41) is 3.01. The molecule has 4 nitrogen and oxygen atoms in total. The maximum atomic E-state index is 12.9. The number of nitrogens with one attached hydrogen (secondary N) is 1. The summed E-state index contributed by atoms with van der Waals surface area (Å²) < 4.78 is 18.5. The van der Waals surface area contributed by atoms with Crippen molar-refractivity contribution in [2.45, 2.75) is 18.9 Å². The number of furan rings is 1. The molecule has 0 bridgehead atoms. The molecule has 1 aliphatic rings. The van der Waals surface area contributed by atoms with Crippen LogP contribution in [-0.2, 0) is 0 Å². The van der Waals surface area contributed by atoms with Crippen LogP contribution in [0.15, 0.2) is 40.8 Å².